The molecule has 0 aliphatic heterocycles. The van der Waals surface area contributed by atoms with Crippen LogP contribution in [0.3, 0.4) is 0 Å². The molecule has 98 valence electrons. The summed E-state index contributed by atoms with van der Waals surface area (Å²) in [6.45, 7) is 4.22. The molecule has 0 aromatic heterocycles. The summed E-state index contributed by atoms with van der Waals surface area (Å²) in [7, 11) is -0.446. The zero-order valence-electron chi connectivity index (χ0n) is 11.1. The SMILES string of the molecule is CC/C=C(\NCc1ccc(S(C)=N)cc1)C(C)=O. The van der Waals surface area contributed by atoms with Crippen LogP contribution in [0, 0.1) is 4.78 Å². The van der Waals surface area contributed by atoms with Crippen LogP contribution < -0.4 is 5.32 Å². The van der Waals surface area contributed by atoms with Gasteiger partial charge in [-0.05, 0) is 30.4 Å². The van der Waals surface area contributed by atoms with Gasteiger partial charge in [-0.2, -0.15) is 0 Å². The van der Waals surface area contributed by atoms with E-state index in [4.69, 9.17) is 4.78 Å². The van der Waals surface area contributed by atoms with E-state index >= 15 is 0 Å². The van der Waals surface area contributed by atoms with Gasteiger partial charge in [0.25, 0.3) is 0 Å². The second-order valence-electron chi connectivity index (χ2n) is 4.09. The molecule has 0 fully saturated rings. The monoisotopic (exact) mass is 264 g/mol. The van der Waals surface area contributed by atoms with E-state index in [1.165, 1.54) is 0 Å². The quantitative estimate of drug-likeness (QED) is 0.776. The van der Waals surface area contributed by atoms with E-state index < -0.39 is 10.7 Å². The Balaban J connectivity index is 2.65. The first-order valence-electron chi connectivity index (χ1n) is 5.95. The Bertz CT molecular complexity index is 463. The lowest BCUT2D eigenvalue weighted by molar-refractivity contribution is -0.114. The number of ketones is 1. The van der Waals surface area contributed by atoms with E-state index in [0.29, 0.717) is 12.2 Å². The fraction of sp³-hybridized carbons (Fsp3) is 0.357. The highest BCUT2D eigenvalue weighted by molar-refractivity contribution is 7.85. The fourth-order valence-corrected chi connectivity index (χ4v) is 2.10. The van der Waals surface area contributed by atoms with Gasteiger partial charge in [-0.15, -0.1) is 0 Å². The van der Waals surface area contributed by atoms with Gasteiger partial charge in [0.2, 0.25) is 0 Å². The summed E-state index contributed by atoms with van der Waals surface area (Å²) in [4.78, 5) is 12.4. The summed E-state index contributed by atoms with van der Waals surface area (Å²) < 4.78 is 7.63. The molecule has 0 bridgehead atoms. The van der Waals surface area contributed by atoms with Crippen molar-refractivity contribution in [1.82, 2.24) is 5.32 Å². The van der Waals surface area contributed by atoms with Crippen LogP contribution >= 0.6 is 0 Å². The van der Waals surface area contributed by atoms with Crippen molar-refractivity contribution in [2.75, 3.05) is 6.26 Å². The lowest BCUT2D eigenvalue weighted by Crippen LogP contribution is -2.18. The van der Waals surface area contributed by atoms with E-state index in [2.05, 4.69) is 5.32 Å². The van der Waals surface area contributed by atoms with Crippen LogP contribution in [0.25, 0.3) is 0 Å². The number of Topliss-reactive ketones (excluding diaryl/α,β-unsaturated/α-hetero) is 1. The summed E-state index contributed by atoms with van der Waals surface area (Å²) in [5.74, 6) is 0.0646. The normalized spacial score (nSPS) is 13.2. The molecular weight excluding hydrogens is 244 g/mol. The highest BCUT2D eigenvalue weighted by Gasteiger charge is 2.02. The fourth-order valence-electron chi connectivity index (χ4n) is 1.55. The first kappa shape index (κ1) is 14.6. The first-order chi connectivity index (χ1) is 8.54. The van der Waals surface area contributed by atoms with Crippen molar-refractivity contribution < 1.29 is 4.79 Å². The number of hydrogen-bond acceptors (Lipinski definition) is 3. The van der Waals surface area contributed by atoms with Crippen molar-refractivity contribution >= 4 is 16.5 Å². The smallest absolute Gasteiger partial charge is 0.175 e. The molecule has 0 heterocycles. The zero-order chi connectivity index (χ0) is 13.5. The zero-order valence-corrected chi connectivity index (χ0v) is 11.9. The van der Waals surface area contributed by atoms with E-state index in [-0.39, 0.29) is 5.78 Å². The predicted octanol–water partition coefficient (Wildman–Crippen LogP) is 3.03. The average molecular weight is 264 g/mol. The first-order valence-corrected chi connectivity index (χ1v) is 7.59. The molecule has 18 heavy (non-hydrogen) atoms. The number of hydrogen-bond donors (Lipinski definition) is 2. The Labute approximate surface area is 111 Å². The topological polar surface area (TPSA) is 53.0 Å². The van der Waals surface area contributed by atoms with Crippen molar-refractivity contribution in [2.24, 2.45) is 0 Å². The van der Waals surface area contributed by atoms with E-state index in [0.717, 1.165) is 16.9 Å². The number of nitrogens with one attached hydrogen (secondary N) is 2. The molecule has 3 nitrogen and oxygen atoms in total. The maximum atomic E-state index is 11.3. The number of benzene rings is 1. The van der Waals surface area contributed by atoms with Crippen LogP contribution in [0.2, 0.25) is 0 Å². The molecule has 1 aromatic carbocycles. The lowest BCUT2D eigenvalue weighted by atomic mass is 10.2. The Morgan fingerprint density at radius 2 is 2.00 bits per heavy atom. The van der Waals surface area contributed by atoms with Gasteiger partial charge in [0.05, 0.1) is 5.70 Å². The number of rotatable bonds is 6. The molecule has 0 saturated carbocycles. The average Bonchev–Trinajstić information content (AvgIpc) is 2.34. The summed E-state index contributed by atoms with van der Waals surface area (Å²) >= 11 is 0. The van der Waals surface area contributed by atoms with Crippen LogP contribution in [0.1, 0.15) is 25.8 Å². The summed E-state index contributed by atoms with van der Waals surface area (Å²) in [5.41, 5.74) is 1.80. The standard InChI is InChI=1S/C14H20N2OS/c1-4-5-14(11(2)17)16-10-12-6-8-13(9-7-12)18(3)15/h5-9,15-16H,4,10H2,1-3H3/b14-5-. The summed E-state index contributed by atoms with van der Waals surface area (Å²) in [6.07, 6.45) is 4.63. The molecule has 0 spiro atoms. The molecule has 1 unspecified atom stereocenters. The number of carbonyl (C=O) groups excluding carboxylic acids is 1. The Morgan fingerprint density at radius 3 is 2.44 bits per heavy atom. The van der Waals surface area contributed by atoms with Gasteiger partial charge < -0.3 is 5.32 Å². The van der Waals surface area contributed by atoms with Crippen LogP contribution in [0.4, 0.5) is 0 Å². The molecule has 0 aliphatic rings. The third-order valence-electron chi connectivity index (χ3n) is 2.55. The molecule has 2 N–H and O–H groups in total. The van der Waals surface area contributed by atoms with Gasteiger partial charge in [-0.25, -0.2) is 0 Å². The van der Waals surface area contributed by atoms with Crippen LogP contribution in [-0.2, 0) is 22.0 Å². The molecule has 1 atom stereocenters. The van der Waals surface area contributed by atoms with Gasteiger partial charge in [-0.1, -0.05) is 35.8 Å². The molecule has 1 aromatic rings. The van der Waals surface area contributed by atoms with Crippen LogP contribution in [-0.4, -0.2) is 12.0 Å². The lowest BCUT2D eigenvalue weighted by Gasteiger charge is -2.09. The van der Waals surface area contributed by atoms with Gasteiger partial charge in [0.15, 0.2) is 5.78 Å². The predicted molar refractivity (Wildman–Crippen MR) is 76.6 cm³/mol. The molecule has 0 radical (unpaired) electrons. The van der Waals surface area contributed by atoms with Crippen molar-refractivity contribution in [1.29, 1.82) is 4.78 Å². The van der Waals surface area contributed by atoms with Crippen molar-refractivity contribution in [3.63, 3.8) is 0 Å². The molecule has 0 aliphatic carbocycles. The van der Waals surface area contributed by atoms with Crippen molar-refractivity contribution in [2.45, 2.75) is 31.7 Å². The van der Waals surface area contributed by atoms with E-state index in [1.807, 2.05) is 43.5 Å². The highest BCUT2D eigenvalue weighted by Crippen LogP contribution is 2.08. The van der Waals surface area contributed by atoms with Gasteiger partial charge >= 0.3 is 0 Å². The second kappa shape index (κ2) is 7.11. The summed E-state index contributed by atoms with van der Waals surface area (Å²) in [6, 6.07) is 7.96. The highest BCUT2D eigenvalue weighted by atomic mass is 32.2. The van der Waals surface area contributed by atoms with Crippen LogP contribution in [0.5, 0.6) is 0 Å². The molecule has 0 amide bonds. The third kappa shape index (κ3) is 4.45. The maximum Gasteiger partial charge on any atom is 0.175 e. The molecular formula is C14H20N2OS. The van der Waals surface area contributed by atoms with E-state index in [9.17, 15) is 4.79 Å². The summed E-state index contributed by atoms with van der Waals surface area (Å²) in [5, 5.41) is 3.15. The minimum absolute atomic E-state index is 0.0646. The molecule has 1 rings (SSSR count). The minimum Gasteiger partial charge on any atom is -0.378 e. The Morgan fingerprint density at radius 1 is 1.39 bits per heavy atom. The number of carbonyl (C=O) groups is 1. The molecule has 4 heteroatoms. The Kier molecular flexibility index (Phi) is 5.78. The van der Waals surface area contributed by atoms with Crippen molar-refractivity contribution in [3.05, 3.63) is 41.6 Å². The largest absolute Gasteiger partial charge is 0.378 e. The number of allylic oxidation sites excluding steroid dienone is 2. The Hall–Kier alpha value is -1.42. The maximum absolute atomic E-state index is 11.3. The second-order valence-corrected chi connectivity index (χ2v) is 5.58. The van der Waals surface area contributed by atoms with E-state index in [1.54, 1.807) is 6.92 Å². The molecule has 0 saturated heterocycles. The minimum atomic E-state index is -0.446. The van der Waals surface area contributed by atoms with Gasteiger partial charge in [0.1, 0.15) is 0 Å². The van der Waals surface area contributed by atoms with Gasteiger partial charge in [0, 0.05) is 18.4 Å². The third-order valence-corrected chi connectivity index (χ3v) is 3.53. The van der Waals surface area contributed by atoms with Crippen molar-refractivity contribution in [3.8, 4) is 0 Å². The van der Waals surface area contributed by atoms with Crippen LogP contribution in [0.15, 0.2) is 40.9 Å². The van der Waals surface area contributed by atoms with Gasteiger partial charge in [-0.3, -0.25) is 9.57 Å².